The van der Waals surface area contributed by atoms with Crippen molar-refractivity contribution in [1.29, 1.82) is 0 Å². The third-order valence-electron chi connectivity index (χ3n) is 4.56. The van der Waals surface area contributed by atoms with Crippen LogP contribution in [-0.2, 0) is 4.79 Å². The summed E-state index contributed by atoms with van der Waals surface area (Å²) >= 11 is 2.87. The van der Waals surface area contributed by atoms with Crippen LogP contribution in [0.15, 0.2) is 52.4 Å². The van der Waals surface area contributed by atoms with Crippen molar-refractivity contribution in [3.8, 4) is 0 Å². The zero-order valence-electron chi connectivity index (χ0n) is 15.3. The lowest BCUT2D eigenvalue weighted by atomic mass is 9.85. The number of aryl methyl sites for hydroxylation is 1. The molecule has 0 bridgehead atoms. The normalized spacial score (nSPS) is 16.7. The van der Waals surface area contributed by atoms with Crippen LogP contribution in [0.3, 0.4) is 0 Å². The first-order chi connectivity index (χ1) is 12.9. The number of anilines is 1. The van der Waals surface area contributed by atoms with Crippen LogP contribution >= 0.6 is 23.1 Å². The van der Waals surface area contributed by atoms with E-state index in [9.17, 15) is 9.59 Å². The van der Waals surface area contributed by atoms with Crippen LogP contribution in [0.2, 0.25) is 0 Å². The maximum atomic E-state index is 12.3. The number of amides is 1. The molecule has 2 aromatic rings. The largest absolute Gasteiger partial charge is 0.296 e. The lowest BCUT2D eigenvalue weighted by Crippen LogP contribution is -2.16. The Kier molecular flexibility index (Phi) is 6.23. The van der Waals surface area contributed by atoms with Crippen molar-refractivity contribution < 1.29 is 9.59 Å². The van der Waals surface area contributed by atoms with Gasteiger partial charge in [0.1, 0.15) is 0 Å². The molecule has 0 spiro atoms. The van der Waals surface area contributed by atoms with Crippen molar-refractivity contribution in [3.63, 3.8) is 0 Å². The van der Waals surface area contributed by atoms with Gasteiger partial charge in [-0.05, 0) is 43.4 Å². The first kappa shape index (κ1) is 19.5. The van der Waals surface area contributed by atoms with Gasteiger partial charge < -0.3 is 0 Å². The van der Waals surface area contributed by atoms with E-state index in [1.165, 1.54) is 23.1 Å². The number of Topliss-reactive ketones (excluding diaryl/α,β-unsaturated/α-hetero) is 1. The van der Waals surface area contributed by atoms with E-state index in [1.54, 1.807) is 6.07 Å². The molecule has 0 unspecified atom stereocenters. The highest BCUT2D eigenvalue weighted by molar-refractivity contribution is 8.01. The zero-order chi connectivity index (χ0) is 19.4. The molecule has 1 aliphatic rings. The molecule has 1 heterocycles. The van der Waals surface area contributed by atoms with Gasteiger partial charge in [0.05, 0.1) is 0 Å². The Hall–Kier alpha value is -2.25. The summed E-state index contributed by atoms with van der Waals surface area (Å²) in [6.07, 6.45) is 3.40. The summed E-state index contributed by atoms with van der Waals surface area (Å²) in [5.74, 6) is 0.898. The van der Waals surface area contributed by atoms with E-state index in [4.69, 9.17) is 0 Å². The Morgan fingerprint density at radius 1 is 1.33 bits per heavy atom. The molecule has 1 aromatic heterocycles. The Morgan fingerprint density at radius 3 is 2.85 bits per heavy atom. The van der Waals surface area contributed by atoms with Gasteiger partial charge in [-0.25, -0.2) is 0 Å². The number of nitrogens with zero attached hydrogens (tertiary/aromatic N) is 2. The standard InChI is InChI=1S/C20H21N3O2S2/c1-12-6-4-5-7-16(12)18(25)21-19-22-23-20(27-19)26-11-14(3)15-9-8-13(2)17(24)10-15/h4-8,15H,3,9-11H2,1-2H3,(H,21,22,25)/t15-/m1/s1. The average Bonchev–Trinajstić information content (AvgIpc) is 3.09. The van der Waals surface area contributed by atoms with Gasteiger partial charge >= 0.3 is 0 Å². The van der Waals surface area contributed by atoms with Gasteiger partial charge in [-0.2, -0.15) is 0 Å². The lowest BCUT2D eigenvalue weighted by molar-refractivity contribution is -0.116. The van der Waals surface area contributed by atoms with Gasteiger partial charge in [-0.15, -0.1) is 10.2 Å². The molecule has 3 rings (SSSR count). The Labute approximate surface area is 167 Å². The number of ketones is 1. The molecule has 5 nitrogen and oxygen atoms in total. The third-order valence-corrected chi connectivity index (χ3v) is 6.64. The minimum Gasteiger partial charge on any atom is -0.296 e. The molecule has 1 aromatic carbocycles. The van der Waals surface area contributed by atoms with Gasteiger partial charge in [0.15, 0.2) is 10.1 Å². The summed E-state index contributed by atoms with van der Waals surface area (Å²) in [6.45, 7) is 7.90. The first-order valence-electron chi connectivity index (χ1n) is 8.65. The SMILES string of the molecule is C=C(CSc1nnc(NC(=O)c2ccccc2C)s1)[C@@H]1CC=C(C)C(=O)C1. The quantitative estimate of drug-likeness (QED) is 0.434. The van der Waals surface area contributed by atoms with Crippen molar-refractivity contribution in [2.75, 3.05) is 11.1 Å². The van der Waals surface area contributed by atoms with Crippen molar-refractivity contribution in [3.05, 3.63) is 59.2 Å². The summed E-state index contributed by atoms with van der Waals surface area (Å²) in [5, 5.41) is 11.4. The van der Waals surface area contributed by atoms with Crippen LogP contribution in [0.4, 0.5) is 5.13 Å². The molecule has 0 saturated carbocycles. The molecule has 0 aliphatic heterocycles. The topological polar surface area (TPSA) is 72.0 Å². The minimum absolute atomic E-state index is 0.187. The van der Waals surface area contributed by atoms with E-state index in [2.05, 4.69) is 22.1 Å². The summed E-state index contributed by atoms with van der Waals surface area (Å²) in [7, 11) is 0. The number of carbonyl (C=O) groups is 2. The third kappa shape index (κ3) is 4.93. The fraction of sp³-hybridized carbons (Fsp3) is 0.300. The average molecular weight is 400 g/mol. The highest BCUT2D eigenvalue weighted by atomic mass is 32.2. The summed E-state index contributed by atoms with van der Waals surface area (Å²) < 4.78 is 0.769. The highest BCUT2D eigenvalue weighted by Crippen LogP contribution is 2.32. The fourth-order valence-electron chi connectivity index (χ4n) is 2.80. The van der Waals surface area contributed by atoms with E-state index in [0.29, 0.717) is 22.9 Å². The molecular formula is C20H21N3O2S2. The molecular weight excluding hydrogens is 378 g/mol. The van der Waals surface area contributed by atoms with Crippen LogP contribution in [0.5, 0.6) is 0 Å². The van der Waals surface area contributed by atoms with Crippen molar-refractivity contribution in [2.45, 2.75) is 31.0 Å². The van der Waals surface area contributed by atoms with Crippen LogP contribution < -0.4 is 5.32 Å². The second-order valence-corrected chi connectivity index (χ2v) is 8.74. The second-order valence-electron chi connectivity index (χ2n) is 6.54. The lowest BCUT2D eigenvalue weighted by Gasteiger charge is -2.21. The van der Waals surface area contributed by atoms with E-state index < -0.39 is 0 Å². The molecule has 0 saturated heterocycles. The highest BCUT2D eigenvalue weighted by Gasteiger charge is 2.22. The number of nitrogens with one attached hydrogen (secondary N) is 1. The molecule has 7 heteroatoms. The first-order valence-corrected chi connectivity index (χ1v) is 10.4. The van der Waals surface area contributed by atoms with Gasteiger partial charge in [0.2, 0.25) is 5.13 Å². The van der Waals surface area contributed by atoms with E-state index in [1.807, 2.05) is 38.1 Å². The predicted octanol–water partition coefficient (Wildman–Crippen LogP) is 4.67. The number of hydrogen-bond acceptors (Lipinski definition) is 6. The number of benzene rings is 1. The summed E-state index contributed by atoms with van der Waals surface area (Å²) in [6, 6.07) is 7.42. The van der Waals surface area contributed by atoms with Crippen molar-refractivity contribution >= 4 is 39.9 Å². The minimum atomic E-state index is -0.187. The van der Waals surface area contributed by atoms with Crippen LogP contribution in [0.25, 0.3) is 0 Å². The molecule has 140 valence electrons. The van der Waals surface area contributed by atoms with Gasteiger partial charge in [-0.3, -0.25) is 14.9 Å². The Morgan fingerprint density at radius 2 is 2.11 bits per heavy atom. The Bertz CT molecular complexity index is 917. The molecule has 1 N–H and O–H groups in total. The number of allylic oxidation sites excluding steroid dienone is 2. The molecule has 1 atom stereocenters. The van der Waals surface area contributed by atoms with E-state index in [-0.39, 0.29) is 17.6 Å². The number of carbonyl (C=O) groups excluding carboxylic acids is 2. The van der Waals surface area contributed by atoms with Crippen molar-refractivity contribution in [2.24, 2.45) is 5.92 Å². The molecule has 1 aliphatic carbocycles. The fourth-order valence-corrected chi connectivity index (χ4v) is 4.56. The smallest absolute Gasteiger partial charge is 0.257 e. The summed E-state index contributed by atoms with van der Waals surface area (Å²) in [4.78, 5) is 24.2. The summed E-state index contributed by atoms with van der Waals surface area (Å²) in [5.41, 5.74) is 3.43. The van der Waals surface area contributed by atoms with Crippen LogP contribution in [0.1, 0.15) is 35.7 Å². The molecule has 0 fully saturated rings. The molecule has 1 amide bonds. The van der Waals surface area contributed by atoms with Crippen LogP contribution in [-0.4, -0.2) is 27.6 Å². The monoisotopic (exact) mass is 399 g/mol. The predicted molar refractivity (Wildman–Crippen MR) is 110 cm³/mol. The number of rotatable bonds is 6. The van der Waals surface area contributed by atoms with Gasteiger partial charge in [0, 0.05) is 17.7 Å². The maximum Gasteiger partial charge on any atom is 0.257 e. The zero-order valence-corrected chi connectivity index (χ0v) is 17.0. The molecule has 27 heavy (non-hydrogen) atoms. The van der Waals surface area contributed by atoms with Crippen LogP contribution in [0, 0.1) is 12.8 Å². The number of thioether (sulfide) groups is 1. The van der Waals surface area contributed by atoms with Gasteiger partial charge in [0.25, 0.3) is 5.91 Å². The van der Waals surface area contributed by atoms with E-state index in [0.717, 1.165) is 27.5 Å². The maximum absolute atomic E-state index is 12.3. The molecule has 0 radical (unpaired) electrons. The van der Waals surface area contributed by atoms with Gasteiger partial charge in [-0.1, -0.05) is 59.5 Å². The number of aromatic nitrogens is 2. The second kappa shape index (κ2) is 8.63. The van der Waals surface area contributed by atoms with E-state index >= 15 is 0 Å². The Balaban J connectivity index is 1.54. The van der Waals surface area contributed by atoms with Crippen molar-refractivity contribution in [1.82, 2.24) is 10.2 Å². The number of hydrogen-bond donors (Lipinski definition) is 1.